The van der Waals surface area contributed by atoms with Crippen molar-refractivity contribution in [2.24, 2.45) is 0 Å². The van der Waals surface area contributed by atoms with E-state index in [2.05, 4.69) is 20.8 Å². The highest BCUT2D eigenvalue weighted by molar-refractivity contribution is 4.64. The van der Waals surface area contributed by atoms with E-state index < -0.39 is 0 Å². The normalized spacial score (nSPS) is 31.6. The summed E-state index contributed by atoms with van der Waals surface area (Å²) in [7, 11) is 0. The molecule has 0 aromatic carbocycles. The Labute approximate surface area is 125 Å². The highest BCUT2D eigenvalue weighted by Gasteiger charge is 2.18. The number of hydrogen-bond donors (Lipinski definition) is 0. The second-order valence-electron chi connectivity index (χ2n) is 5.80. The molecule has 3 fully saturated rings. The zero-order valence-electron chi connectivity index (χ0n) is 13.7. The molecule has 0 radical (unpaired) electrons. The van der Waals surface area contributed by atoms with E-state index in [0.29, 0.717) is 18.3 Å². The smallest absolute Gasteiger partial charge is 0.0807 e. The van der Waals surface area contributed by atoms with Gasteiger partial charge in [-0.25, -0.2) is 0 Å². The highest BCUT2D eigenvalue weighted by Crippen LogP contribution is 2.14. The Bertz CT molecular complexity index is 204. The molecule has 0 saturated carbocycles. The van der Waals surface area contributed by atoms with Gasteiger partial charge in [0.05, 0.1) is 24.9 Å². The van der Waals surface area contributed by atoms with E-state index in [1.165, 1.54) is 51.4 Å². The minimum Gasteiger partial charge on any atom is -0.378 e. The van der Waals surface area contributed by atoms with Gasteiger partial charge in [0, 0.05) is 13.2 Å². The molecule has 3 unspecified atom stereocenters. The first kappa shape index (κ1) is 17.9. The predicted molar refractivity (Wildman–Crippen MR) is 83.2 cm³/mol. The number of hydrogen-bond acceptors (Lipinski definition) is 3. The zero-order valence-corrected chi connectivity index (χ0v) is 13.7. The standard InChI is InChI=1S/C7H14O.C6H12O.C4H8O/c1-2-7-5-3-4-6-8-7;1-2-6-4-3-5-7-6;1-2-4-3-5-4/h7H,2-6H2,1H3;6H,2-5H2,1H3;4H,2-3H2,1H3. The Morgan fingerprint density at radius 2 is 1.15 bits per heavy atom. The van der Waals surface area contributed by atoms with E-state index in [4.69, 9.17) is 14.2 Å². The molecule has 3 heteroatoms. The largest absolute Gasteiger partial charge is 0.378 e. The van der Waals surface area contributed by atoms with E-state index in [-0.39, 0.29) is 0 Å². The van der Waals surface area contributed by atoms with Gasteiger partial charge in [0.25, 0.3) is 0 Å². The first-order valence-electron chi connectivity index (χ1n) is 8.64. The Morgan fingerprint density at radius 3 is 1.35 bits per heavy atom. The third kappa shape index (κ3) is 8.93. The van der Waals surface area contributed by atoms with Crippen LogP contribution in [-0.2, 0) is 14.2 Å². The van der Waals surface area contributed by atoms with Gasteiger partial charge < -0.3 is 14.2 Å². The van der Waals surface area contributed by atoms with Crippen LogP contribution in [0.4, 0.5) is 0 Å². The van der Waals surface area contributed by atoms with Crippen LogP contribution in [0.5, 0.6) is 0 Å². The van der Waals surface area contributed by atoms with Gasteiger partial charge in [-0.15, -0.1) is 0 Å². The van der Waals surface area contributed by atoms with Crippen molar-refractivity contribution in [3.05, 3.63) is 0 Å². The maximum Gasteiger partial charge on any atom is 0.0807 e. The van der Waals surface area contributed by atoms with Crippen molar-refractivity contribution in [1.82, 2.24) is 0 Å². The predicted octanol–water partition coefficient (Wildman–Crippen LogP) is 4.34. The lowest BCUT2D eigenvalue weighted by Gasteiger charge is -2.20. The molecule has 3 heterocycles. The Hall–Kier alpha value is -0.120. The van der Waals surface area contributed by atoms with Crippen molar-refractivity contribution in [2.45, 2.75) is 90.4 Å². The number of rotatable bonds is 3. The quantitative estimate of drug-likeness (QED) is 0.723. The van der Waals surface area contributed by atoms with E-state index >= 15 is 0 Å². The van der Waals surface area contributed by atoms with Gasteiger partial charge in [0.15, 0.2) is 0 Å². The molecule has 120 valence electrons. The Balaban J connectivity index is 0.000000154. The maximum absolute atomic E-state index is 5.43. The summed E-state index contributed by atoms with van der Waals surface area (Å²) >= 11 is 0. The number of ether oxygens (including phenoxy) is 3. The van der Waals surface area contributed by atoms with Crippen molar-refractivity contribution in [3.63, 3.8) is 0 Å². The summed E-state index contributed by atoms with van der Waals surface area (Å²) in [6.45, 7) is 9.51. The zero-order chi connectivity index (χ0) is 14.6. The Kier molecular flexibility index (Phi) is 10.3. The minimum absolute atomic E-state index is 0.587. The van der Waals surface area contributed by atoms with Crippen molar-refractivity contribution in [3.8, 4) is 0 Å². The van der Waals surface area contributed by atoms with Crippen LogP contribution >= 0.6 is 0 Å². The van der Waals surface area contributed by atoms with Crippen LogP contribution in [0.2, 0.25) is 0 Å². The van der Waals surface area contributed by atoms with E-state index in [0.717, 1.165) is 19.8 Å². The van der Waals surface area contributed by atoms with Crippen LogP contribution in [0.1, 0.15) is 72.1 Å². The SMILES string of the molecule is CCC1CCCCO1.CCC1CCCO1.CCC1CO1. The third-order valence-electron chi connectivity index (χ3n) is 4.07. The van der Waals surface area contributed by atoms with Gasteiger partial charge in [-0.1, -0.05) is 20.8 Å². The molecule has 0 bridgehead atoms. The van der Waals surface area contributed by atoms with Gasteiger partial charge >= 0.3 is 0 Å². The van der Waals surface area contributed by atoms with Crippen LogP contribution in [0.3, 0.4) is 0 Å². The monoisotopic (exact) mass is 286 g/mol. The van der Waals surface area contributed by atoms with Crippen molar-refractivity contribution < 1.29 is 14.2 Å². The van der Waals surface area contributed by atoms with Gasteiger partial charge in [0.1, 0.15) is 0 Å². The molecule has 0 aliphatic carbocycles. The van der Waals surface area contributed by atoms with E-state index in [1.807, 2.05) is 0 Å². The van der Waals surface area contributed by atoms with Crippen molar-refractivity contribution in [1.29, 1.82) is 0 Å². The Morgan fingerprint density at radius 1 is 0.650 bits per heavy atom. The van der Waals surface area contributed by atoms with E-state index in [9.17, 15) is 0 Å². The first-order valence-corrected chi connectivity index (χ1v) is 8.64. The molecule has 3 saturated heterocycles. The van der Waals surface area contributed by atoms with Crippen LogP contribution in [0.25, 0.3) is 0 Å². The molecule has 0 N–H and O–H groups in total. The first-order chi connectivity index (χ1) is 9.80. The molecular weight excluding hydrogens is 252 g/mol. The fourth-order valence-corrected chi connectivity index (χ4v) is 2.40. The lowest BCUT2D eigenvalue weighted by Crippen LogP contribution is -2.17. The number of epoxide rings is 1. The summed E-state index contributed by atoms with van der Waals surface area (Å²) < 4.78 is 15.6. The summed E-state index contributed by atoms with van der Waals surface area (Å²) in [4.78, 5) is 0. The summed E-state index contributed by atoms with van der Waals surface area (Å²) in [6.07, 6.45) is 11.9. The average Bonchev–Trinajstić information content (AvgIpc) is 3.23. The van der Waals surface area contributed by atoms with Crippen molar-refractivity contribution in [2.75, 3.05) is 19.8 Å². The molecule has 3 aliphatic rings. The second kappa shape index (κ2) is 11.5. The fraction of sp³-hybridized carbons (Fsp3) is 1.00. The molecule has 0 amide bonds. The molecule has 0 aromatic rings. The maximum atomic E-state index is 5.43. The molecule has 3 nitrogen and oxygen atoms in total. The molecule has 0 aromatic heterocycles. The molecule has 20 heavy (non-hydrogen) atoms. The molecular formula is C17H34O3. The van der Waals surface area contributed by atoms with Crippen LogP contribution in [0.15, 0.2) is 0 Å². The molecule has 3 rings (SSSR count). The van der Waals surface area contributed by atoms with Crippen LogP contribution in [-0.4, -0.2) is 38.1 Å². The van der Waals surface area contributed by atoms with Gasteiger partial charge in [-0.05, 0) is 51.4 Å². The highest BCUT2D eigenvalue weighted by atomic mass is 16.6. The molecule has 3 aliphatic heterocycles. The van der Waals surface area contributed by atoms with Crippen molar-refractivity contribution >= 4 is 0 Å². The van der Waals surface area contributed by atoms with Crippen LogP contribution in [0, 0.1) is 0 Å². The summed E-state index contributed by atoms with van der Waals surface area (Å²) in [5, 5.41) is 0. The lowest BCUT2D eigenvalue weighted by molar-refractivity contribution is 0.0143. The van der Waals surface area contributed by atoms with Crippen LogP contribution < -0.4 is 0 Å². The van der Waals surface area contributed by atoms with Gasteiger partial charge in [-0.3, -0.25) is 0 Å². The lowest BCUT2D eigenvalue weighted by atomic mass is 10.1. The fourth-order valence-electron chi connectivity index (χ4n) is 2.40. The molecule has 0 spiro atoms. The topological polar surface area (TPSA) is 31.0 Å². The van der Waals surface area contributed by atoms with E-state index in [1.54, 1.807) is 0 Å². The minimum atomic E-state index is 0.587. The molecule has 3 atom stereocenters. The summed E-state index contributed by atoms with van der Waals surface area (Å²) in [6, 6.07) is 0. The summed E-state index contributed by atoms with van der Waals surface area (Å²) in [5.74, 6) is 0. The third-order valence-corrected chi connectivity index (χ3v) is 4.07. The van der Waals surface area contributed by atoms with Gasteiger partial charge in [-0.2, -0.15) is 0 Å². The second-order valence-corrected chi connectivity index (χ2v) is 5.80. The average molecular weight is 286 g/mol. The summed E-state index contributed by atoms with van der Waals surface area (Å²) in [5.41, 5.74) is 0. The van der Waals surface area contributed by atoms with Gasteiger partial charge in [0.2, 0.25) is 0 Å².